The molecular formula is C15H21NO. The van der Waals surface area contributed by atoms with Gasteiger partial charge in [0.1, 0.15) is 5.75 Å². The summed E-state index contributed by atoms with van der Waals surface area (Å²) in [6.07, 6.45) is 6.62. The van der Waals surface area contributed by atoms with Crippen molar-refractivity contribution in [1.29, 1.82) is 0 Å². The second-order valence-electron chi connectivity index (χ2n) is 5.30. The number of piperidine rings is 1. The first-order valence-corrected chi connectivity index (χ1v) is 6.85. The van der Waals surface area contributed by atoms with Gasteiger partial charge in [0.25, 0.3) is 0 Å². The van der Waals surface area contributed by atoms with E-state index in [-0.39, 0.29) is 0 Å². The van der Waals surface area contributed by atoms with Gasteiger partial charge in [0.2, 0.25) is 0 Å². The fourth-order valence-corrected chi connectivity index (χ4v) is 3.09. The summed E-state index contributed by atoms with van der Waals surface area (Å²) < 4.78 is 6.17. The zero-order chi connectivity index (χ0) is 11.7. The Morgan fingerprint density at radius 1 is 1.18 bits per heavy atom. The van der Waals surface area contributed by atoms with Crippen molar-refractivity contribution in [2.75, 3.05) is 6.54 Å². The Bertz CT molecular complexity index is 390. The van der Waals surface area contributed by atoms with Crippen molar-refractivity contribution in [3.8, 4) is 5.75 Å². The fraction of sp³-hybridized carbons (Fsp3) is 0.600. The van der Waals surface area contributed by atoms with Crippen LogP contribution in [0.1, 0.15) is 38.2 Å². The molecule has 2 heterocycles. The van der Waals surface area contributed by atoms with Crippen LogP contribution >= 0.6 is 0 Å². The third-order valence-electron chi connectivity index (χ3n) is 4.12. The second kappa shape index (κ2) is 4.69. The lowest BCUT2D eigenvalue weighted by molar-refractivity contribution is -0.0293. The van der Waals surface area contributed by atoms with E-state index in [9.17, 15) is 0 Å². The Morgan fingerprint density at radius 3 is 2.94 bits per heavy atom. The van der Waals surface area contributed by atoms with Crippen LogP contribution in [-0.4, -0.2) is 23.7 Å². The second-order valence-corrected chi connectivity index (χ2v) is 5.30. The predicted octanol–water partition coefficient (Wildman–Crippen LogP) is 3.21. The molecule has 0 aliphatic carbocycles. The van der Waals surface area contributed by atoms with Crippen LogP contribution in [0, 0.1) is 0 Å². The molecule has 92 valence electrons. The highest BCUT2D eigenvalue weighted by Crippen LogP contribution is 2.31. The van der Waals surface area contributed by atoms with Crippen LogP contribution in [0.3, 0.4) is 0 Å². The number of ether oxygens (including phenoxy) is 1. The fourth-order valence-electron chi connectivity index (χ4n) is 3.09. The predicted molar refractivity (Wildman–Crippen MR) is 69.2 cm³/mol. The summed E-state index contributed by atoms with van der Waals surface area (Å²) in [4.78, 5) is 2.56. The molecule has 0 aromatic heterocycles. The molecule has 17 heavy (non-hydrogen) atoms. The minimum absolute atomic E-state index is 0.306. The topological polar surface area (TPSA) is 12.5 Å². The van der Waals surface area contributed by atoms with Gasteiger partial charge in [-0.25, -0.2) is 0 Å². The summed E-state index contributed by atoms with van der Waals surface area (Å²) in [6.45, 7) is 3.54. The minimum Gasteiger partial charge on any atom is -0.475 e. The minimum atomic E-state index is 0.306. The van der Waals surface area contributed by atoms with Crippen molar-refractivity contribution in [1.82, 2.24) is 4.90 Å². The monoisotopic (exact) mass is 231 g/mol. The number of fused-ring (bicyclic) bond motifs is 1. The largest absolute Gasteiger partial charge is 0.475 e. The van der Waals surface area contributed by atoms with Crippen molar-refractivity contribution >= 4 is 0 Å². The maximum atomic E-state index is 6.17. The summed E-state index contributed by atoms with van der Waals surface area (Å²) in [5.41, 5.74) is 1.37. The average molecular weight is 231 g/mol. The van der Waals surface area contributed by atoms with Gasteiger partial charge in [-0.15, -0.1) is 0 Å². The number of likely N-dealkylation sites (tertiary alicyclic amines) is 1. The van der Waals surface area contributed by atoms with Gasteiger partial charge in [-0.1, -0.05) is 24.6 Å². The van der Waals surface area contributed by atoms with Gasteiger partial charge in [0.15, 0.2) is 6.23 Å². The van der Waals surface area contributed by atoms with Gasteiger partial charge in [0, 0.05) is 19.0 Å². The van der Waals surface area contributed by atoms with Crippen LogP contribution in [-0.2, 0) is 6.42 Å². The molecule has 1 saturated heterocycles. The number of hydrogen-bond donors (Lipinski definition) is 0. The van der Waals surface area contributed by atoms with E-state index in [0.29, 0.717) is 12.3 Å². The molecule has 2 unspecified atom stereocenters. The highest BCUT2D eigenvalue weighted by atomic mass is 16.5. The average Bonchev–Trinajstić information content (AvgIpc) is 2.39. The quantitative estimate of drug-likeness (QED) is 0.736. The highest BCUT2D eigenvalue weighted by Gasteiger charge is 2.29. The van der Waals surface area contributed by atoms with E-state index in [0.717, 1.165) is 18.6 Å². The molecule has 2 aliphatic heterocycles. The van der Waals surface area contributed by atoms with Crippen molar-refractivity contribution in [2.24, 2.45) is 0 Å². The van der Waals surface area contributed by atoms with Gasteiger partial charge in [-0.2, -0.15) is 0 Å². The van der Waals surface area contributed by atoms with Crippen LogP contribution < -0.4 is 4.74 Å². The van der Waals surface area contributed by atoms with Crippen LogP contribution in [0.5, 0.6) is 5.75 Å². The molecule has 3 rings (SSSR count). The molecule has 0 radical (unpaired) electrons. The Labute approximate surface area is 104 Å². The molecule has 2 atom stereocenters. The molecule has 2 aliphatic rings. The maximum Gasteiger partial charge on any atom is 0.153 e. The normalized spacial score (nSPS) is 29.5. The first-order valence-electron chi connectivity index (χ1n) is 6.85. The lowest BCUT2D eigenvalue weighted by atomic mass is 10.00. The number of para-hydroxylation sites is 1. The molecule has 0 bridgehead atoms. The van der Waals surface area contributed by atoms with E-state index in [1.807, 2.05) is 0 Å². The van der Waals surface area contributed by atoms with Crippen LogP contribution in [0.4, 0.5) is 0 Å². The molecule has 2 nitrogen and oxygen atoms in total. The molecular weight excluding hydrogens is 210 g/mol. The molecule has 0 spiro atoms. The summed E-state index contributed by atoms with van der Waals surface area (Å²) in [7, 11) is 0. The molecule has 0 N–H and O–H groups in total. The molecule has 1 fully saturated rings. The lowest BCUT2D eigenvalue weighted by Crippen LogP contribution is -2.48. The zero-order valence-electron chi connectivity index (χ0n) is 10.6. The van der Waals surface area contributed by atoms with E-state index in [1.54, 1.807) is 0 Å². The standard InChI is InChI=1S/C15H21NO/c1-12-6-4-5-11-16(12)15-10-9-13-7-2-3-8-14(13)17-15/h2-3,7-8,12,15H,4-6,9-11H2,1H3. The molecule has 2 heteroatoms. The van der Waals surface area contributed by atoms with Crippen LogP contribution in [0.2, 0.25) is 0 Å². The van der Waals surface area contributed by atoms with Crippen LogP contribution in [0.25, 0.3) is 0 Å². The van der Waals surface area contributed by atoms with Gasteiger partial charge in [-0.3, -0.25) is 4.90 Å². The van der Waals surface area contributed by atoms with Gasteiger partial charge in [0.05, 0.1) is 0 Å². The summed E-state index contributed by atoms with van der Waals surface area (Å²) in [5, 5.41) is 0. The van der Waals surface area contributed by atoms with E-state index in [1.165, 1.54) is 31.4 Å². The van der Waals surface area contributed by atoms with E-state index in [4.69, 9.17) is 4.74 Å². The highest BCUT2D eigenvalue weighted by molar-refractivity contribution is 5.35. The number of aryl methyl sites for hydroxylation is 1. The summed E-state index contributed by atoms with van der Waals surface area (Å²) in [6, 6.07) is 9.15. The first-order chi connectivity index (χ1) is 8.34. The third kappa shape index (κ3) is 2.19. The SMILES string of the molecule is CC1CCCCN1C1CCc2ccccc2O1. The van der Waals surface area contributed by atoms with E-state index < -0.39 is 0 Å². The number of rotatable bonds is 1. The van der Waals surface area contributed by atoms with E-state index >= 15 is 0 Å². The van der Waals surface area contributed by atoms with Gasteiger partial charge >= 0.3 is 0 Å². The molecule has 1 aromatic carbocycles. The van der Waals surface area contributed by atoms with Crippen LogP contribution in [0.15, 0.2) is 24.3 Å². The van der Waals surface area contributed by atoms with Gasteiger partial charge in [-0.05, 0) is 37.8 Å². The van der Waals surface area contributed by atoms with E-state index in [2.05, 4.69) is 36.1 Å². The Balaban J connectivity index is 1.75. The van der Waals surface area contributed by atoms with Crippen molar-refractivity contribution < 1.29 is 4.74 Å². The molecule has 1 aromatic rings. The van der Waals surface area contributed by atoms with Crippen molar-refractivity contribution in [3.05, 3.63) is 29.8 Å². The zero-order valence-corrected chi connectivity index (χ0v) is 10.6. The Hall–Kier alpha value is -1.02. The van der Waals surface area contributed by atoms with Crippen molar-refractivity contribution in [3.63, 3.8) is 0 Å². The maximum absolute atomic E-state index is 6.17. The first kappa shape index (κ1) is 11.1. The molecule has 0 saturated carbocycles. The Morgan fingerprint density at radius 2 is 2.06 bits per heavy atom. The van der Waals surface area contributed by atoms with Gasteiger partial charge < -0.3 is 4.74 Å². The van der Waals surface area contributed by atoms with Crippen molar-refractivity contribution in [2.45, 2.75) is 51.3 Å². The number of benzene rings is 1. The molecule has 0 amide bonds. The lowest BCUT2D eigenvalue weighted by Gasteiger charge is -2.41. The summed E-state index contributed by atoms with van der Waals surface area (Å²) in [5.74, 6) is 1.10. The smallest absolute Gasteiger partial charge is 0.153 e. The number of hydrogen-bond acceptors (Lipinski definition) is 2. The summed E-state index contributed by atoms with van der Waals surface area (Å²) >= 11 is 0. The third-order valence-corrected chi connectivity index (χ3v) is 4.12. The number of nitrogens with zero attached hydrogens (tertiary/aromatic N) is 1. The Kier molecular flexibility index (Phi) is 3.06.